The molecule has 4 heteroatoms. The number of nitrogens with zero attached hydrogens (tertiary/aromatic N) is 1. The van der Waals surface area contributed by atoms with Gasteiger partial charge in [-0.05, 0) is 51.0 Å². The summed E-state index contributed by atoms with van der Waals surface area (Å²) in [5.41, 5.74) is 0.639. The van der Waals surface area contributed by atoms with Gasteiger partial charge in [-0.2, -0.15) is 0 Å². The van der Waals surface area contributed by atoms with Gasteiger partial charge in [-0.1, -0.05) is 23.7 Å². The lowest BCUT2D eigenvalue weighted by atomic mass is 9.97. The largest absolute Gasteiger partial charge is 0.319 e. The molecule has 1 aliphatic rings. The molecule has 1 aromatic rings. The molecular formula is C15H21ClN2O. The number of benzene rings is 1. The Balaban J connectivity index is 1.93. The summed E-state index contributed by atoms with van der Waals surface area (Å²) >= 11 is 6.07. The molecule has 1 atom stereocenters. The zero-order valence-corrected chi connectivity index (χ0v) is 12.1. The van der Waals surface area contributed by atoms with Crippen LogP contribution in [0.4, 0.5) is 0 Å². The Morgan fingerprint density at radius 2 is 2.26 bits per heavy atom. The number of piperidine rings is 1. The van der Waals surface area contributed by atoms with Crippen LogP contribution in [0.1, 0.15) is 23.2 Å². The lowest BCUT2D eigenvalue weighted by Gasteiger charge is -2.32. The number of rotatable bonds is 5. The van der Waals surface area contributed by atoms with Crippen LogP contribution >= 0.6 is 11.6 Å². The Morgan fingerprint density at radius 3 is 3.00 bits per heavy atom. The van der Waals surface area contributed by atoms with Crippen molar-refractivity contribution in [2.75, 3.05) is 33.2 Å². The maximum atomic E-state index is 12.3. The fourth-order valence-corrected chi connectivity index (χ4v) is 2.97. The highest BCUT2D eigenvalue weighted by Crippen LogP contribution is 2.19. The average Bonchev–Trinajstić information content (AvgIpc) is 2.40. The van der Waals surface area contributed by atoms with Crippen molar-refractivity contribution in [2.24, 2.45) is 5.92 Å². The monoisotopic (exact) mass is 280 g/mol. The predicted molar refractivity (Wildman–Crippen MR) is 78.9 cm³/mol. The van der Waals surface area contributed by atoms with Gasteiger partial charge in [0.05, 0.1) is 11.6 Å². The molecule has 1 saturated heterocycles. The number of Topliss-reactive ketones (excluding diaryl/α,β-unsaturated/α-hetero) is 1. The number of hydrogen-bond acceptors (Lipinski definition) is 3. The molecule has 3 nitrogen and oxygen atoms in total. The van der Waals surface area contributed by atoms with Gasteiger partial charge in [-0.25, -0.2) is 0 Å². The number of carbonyl (C=O) groups excluding carboxylic acids is 1. The highest BCUT2D eigenvalue weighted by molar-refractivity contribution is 6.34. The minimum Gasteiger partial charge on any atom is -0.319 e. The van der Waals surface area contributed by atoms with E-state index in [1.54, 1.807) is 12.1 Å². The van der Waals surface area contributed by atoms with E-state index < -0.39 is 0 Å². The van der Waals surface area contributed by atoms with Crippen LogP contribution in [0.25, 0.3) is 0 Å². The summed E-state index contributed by atoms with van der Waals surface area (Å²) < 4.78 is 0. The molecule has 1 N–H and O–H groups in total. The molecule has 1 aromatic carbocycles. The zero-order chi connectivity index (χ0) is 13.7. The Labute approximate surface area is 119 Å². The number of carbonyl (C=O) groups is 1. The molecule has 1 aliphatic heterocycles. The first-order chi connectivity index (χ1) is 9.20. The number of ketones is 1. The first-order valence-corrected chi connectivity index (χ1v) is 7.23. The number of hydrogen-bond donors (Lipinski definition) is 1. The van der Waals surface area contributed by atoms with Crippen LogP contribution in [0, 0.1) is 5.92 Å². The molecular weight excluding hydrogens is 260 g/mol. The third kappa shape index (κ3) is 4.03. The second kappa shape index (κ2) is 7.04. The summed E-state index contributed by atoms with van der Waals surface area (Å²) in [6.45, 7) is 3.51. The van der Waals surface area contributed by atoms with Gasteiger partial charge in [-0.3, -0.25) is 9.69 Å². The van der Waals surface area contributed by atoms with Crippen molar-refractivity contribution in [3.63, 3.8) is 0 Å². The highest BCUT2D eigenvalue weighted by Gasteiger charge is 2.22. The van der Waals surface area contributed by atoms with E-state index in [0.29, 0.717) is 23.0 Å². The molecule has 0 aromatic heterocycles. The molecule has 0 saturated carbocycles. The van der Waals surface area contributed by atoms with Gasteiger partial charge < -0.3 is 5.32 Å². The van der Waals surface area contributed by atoms with E-state index in [2.05, 4.69) is 10.2 Å². The van der Waals surface area contributed by atoms with E-state index >= 15 is 0 Å². The smallest absolute Gasteiger partial charge is 0.178 e. The maximum Gasteiger partial charge on any atom is 0.178 e. The molecule has 0 radical (unpaired) electrons. The van der Waals surface area contributed by atoms with Gasteiger partial charge >= 0.3 is 0 Å². The van der Waals surface area contributed by atoms with Crippen LogP contribution in [-0.2, 0) is 0 Å². The van der Waals surface area contributed by atoms with Crippen LogP contribution in [-0.4, -0.2) is 43.9 Å². The van der Waals surface area contributed by atoms with Crippen molar-refractivity contribution in [3.05, 3.63) is 34.9 Å². The van der Waals surface area contributed by atoms with Crippen molar-refractivity contribution in [3.8, 4) is 0 Å². The van der Waals surface area contributed by atoms with Gasteiger partial charge in [0.25, 0.3) is 0 Å². The van der Waals surface area contributed by atoms with Crippen molar-refractivity contribution in [1.29, 1.82) is 0 Å². The molecule has 2 rings (SSSR count). The summed E-state index contributed by atoms with van der Waals surface area (Å²) in [6.07, 6.45) is 2.42. The summed E-state index contributed by atoms with van der Waals surface area (Å²) in [4.78, 5) is 14.5. The van der Waals surface area contributed by atoms with E-state index in [9.17, 15) is 4.79 Å². The Bertz CT molecular complexity index is 434. The number of likely N-dealkylation sites (tertiary alicyclic amines) is 1. The zero-order valence-electron chi connectivity index (χ0n) is 11.4. The quantitative estimate of drug-likeness (QED) is 0.841. The second-order valence-corrected chi connectivity index (χ2v) is 5.61. The number of halogens is 1. The van der Waals surface area contributed by atoms with Crippen LogP contribution < -0.4 is 5.32 Å². The molecule has 104 valence electrons. The Kier molecular flexibility index (Phi) is 5.37. The summed E-state index contributed by atoms with van der Waals surface area (Å²) in [5, 5.41) is 3.77. The molecule has 0 aliphatic carbocycles. The molecule has 1 unspecified atom stereocenters. The fourth-order valence-electron chi connectivity index (χ4n) is 2.73. The van der Waals surface area contributed by atoms with E-state index in [1.807, 2.05) is 19.2 Å². The lowest BCUT2D eigenvalue weighted by molar-refractivity contribution is 0.0887. The Morgan fingerprint density at radius 1 is 1.47 bits per heavy atom. The molecule has 1 heterocycles. The van der Waals surface area contributed by atoms with Crippen molar-refractivity contribution in [1.82, 2.24) is 10.2 Å². The molecule has 0 bridgehead atoms. The Hall–Kier alpha value is -0.900. The highest BCUT2D eigenvalue weighted by atomic mass is 35.5. The first kappa shape index (κ1) is 14.5. The maximum absolute atomic E-state index is 12.3. The minimum atomic E-state index is 0.121. The van der Waals surface area contributed by atoms with Gasteiger partial charge in [0.2, 0.25) is 0 Å². The SMILES string of the molecule is CNCC1CCCN(CC(=O)c2ccccc2Cl)C1. The summed E-state index contributed by atoms with van der Waals surface area (Å²) in [6, 6.07) is 7.29. The first-order valence-electron chi connectivity index (χ1n) is 6.85. The third-order valence-corrected chi connectivity index (χ3v) is 3.97. The van der Waals surface area contributed by atoms with Crippen LogP contribution in [0.5, 0.6) is 0 Å². The van der Waals surface area contributed by atoms with Crippen LogP contribution in [0.2, 0.25) is 5.02 Å². The predicted octanol–water partition coefficient (Wildman–Crippen LogP) is 2.45. The summed E-state index contributed by atoms with van der Waals surface area (Å²) in [5.74, 6) is 0.772. The van der Waals surface area contributed by atoms with Gasteiger partial charge in [0.1, 0.15) is 0 Å². The van der Waals surface area contributed by atoms with Crippen molar-refractivity contribution >= 4 is 17.4 Å². The molecule has 0 amide bonds. The molecule has 1 fully saturated rings. The van der Waals surface area contributed by atoms with E-state index in [1.165, 1.54) is 12.8 Å². The van der Waals surface area contributed by atoms with Gasteiger partial charge in [0, 0.05) is 12.1 Å². The fraction of sp³-hybridized carbons (Fsp3) is 0.533. The van der Waals surface area contributed by atoms with Gasteiger partial charge in [0.15, 0.2) is 5.78 Å². The minimum absolute atomic E-state index is 0.121. The number of nitrogens with one attached hydrogen (secondary N) is 1. The third-order valence-electron chi connectivity index (χ3n) is 3.64. The second-order valence-electron chi connectivity index (χ2n) is 5.20. The van der Waals surface area contributed by atoms with Crippen LogP contribution in [0.3, 0.4) is 0 Å². The van der Waals surface area contributed by atoms with E-state index in [0.717, 1.165) is 19.6 Å². The molecule has 0 spiro atoms. The van der Waals surface area contributed by atoms with Crippen molar-refractivity contribution < 1.29 is 4.79 Å². The standard InChI is InChI=1S/C15H21ClN2O/c1-17-9-12-5-4-8-18(10-12)11-15(19)13-6-2-3-7-14(13)16/h2-3,6-7,12,17H,4-5,8-11H2,1H3. The average molecular weight is 281 g/mol. The van der Waals surface area contributed by atoms with Crippen LogP contribution in [0.15, 0.2) is 24.3 Å². The van der Waals surface area contributed by atoms with Crippen molar-refractivity contribution in [2.45, 2.75) is 12.8 Å². The van der Waals surface area contributed by atoms with E-state index in [4.69, 9.17) is 11.6 Å². The summed E-state index contributed by atoms with van der Waals surface area (Å²) in [7, 11) is 1.98. The topological polar surface area (TPSA) is 32.3 Å². The van der Waals surface area contributed by atoms with Gasteiger partial charge in [-0.15, -0.1) is 0 Å². The lowest BCUT2D eigenvalue weighted by Crippen LogP contribution is -2.41. The normalized spacial score (nSPS) is 20.4. The van der Waals surface area contributed by atoms with E-state index in [-0.39, 0.29) is 5.78 Å². The molecule has 19 heavy (non-hydrogen) atoms.